The van der Waals surface area contributed by atoms with Crippen LogP contribution in [-0.4, -0.2) is 32.1 Å². The molecule has 0 bridgehead atoms. The van der Waals surface area contributed by atoms with Crippen molar-refractivity contribution < 1.29 is 4.79 Å². The van der Waals surface area contributed by atoms with Gasteiger partial charge in [-0.25, -0.2) is 0 Å². The average Bonchev–Trinajstić information content (AvgIpc) is 3.09. The van der Waals surface area contributed by atoms with Gasteiger partial charge in [-0.05, 0) is 30.5 Å². The van der Waals surface area contributed by atoms with Crippen molar-refractivity contribution in [1.82, 2.24) is 19.7 Å². The molecule has 0 radical (unpaired) electrons. The summed E-state index contributed by atoms with van der Waals surface area (Å²) in [5.41, 5.74) is 6.66. The number of carbonyl (C=O) groups excluding carboxylic acids is 1. The van der Waals surface area contributed by atoms with Gasteiger partial charge in [0.2, 0.25) is 5.91 Å². The summed E-state index contributed by atoms with van der Waals surface area (Å²) in [7, 11) is 0. The van der Waals surface area contributed by atoms with Gasteiger partial charge in [-0.2, -0.15) is 5.10 Å². The Kier molecular flexibility index (Phi) is 3.37. The summed E-state index contributed by atoms with van der Waals surface area (Å²) in [4.78, 5) is 18.5. The van der Waals surface area contributed by atoms with E-state index in [-0.39, 0.29) is 18.5 Å². The number of amides is 1. The van der Waals surface area contributed by atoms with Gasteiger partial charge >= 0.3 is 0 Å². The van der Waals surface area contributed by atoms with Crippen molar-refractivity contribution in [3.05, 3.63) is 42.4 Å². The van der Waals surface area contributed by atoms with Gasteiger partial charge in [-0.3, -0.25) is 14.5 Å². The fourth-order valence-corrected chi connectivity index (χ4v) is 2.68. The first kappa shape index (κ1) is 12.7. The zero-order valence-electron chi connectivity index (χ0n) is 11.1. The fraction of sp³-hybridized carbons (Fsp3) is 0.357. The molecular weight excluding hydrogens is 254 g/mol. The third-order valence-corrected chi connectivity index (χ3v) is 3.60. The number of hydrogen-bond acceptors (Lipinski definition) is 4. The number of nitrogen functional groups attached to an aromatic ring is 1. The van der Waals surface area contributed by atoms with E-state index in [1.165, 1.54) is 0 Å². The van der Waals surface area contributed by atoms with Crippen molar-refractivity contribution in [3.63, 3.8) is 0 Å². The Morgan fingerprint density at radius 1 is 1.45 bits per heavy atom. The van der Waals surface area contributed by atoms with E-state index in [1.807, 2.05) is 23.2 Å². The van der Waals surface area contributed by atoms with Crippen LogP contribution in [0.15, 0.2) is 36.8 Å². The van der Waals surface area contributed by atoms with Gasteiger partial charge in [-0.15, -0.1) is 0 Å². The summed E-state index contributed by atoms with van der Waals surface area (Å²) in [6.07, 6.45) is 7.31. The largest absolute Gasteiger partial charge is 0.382 e. The van der Waals surface area contributed by atoms with Crippen molar-refractivity contribution in [2.75, 3.05) is 12.3 Å². The monoisotopic (exact) mass is 271 g/mol. The van der Waals surface area contributed by atoms with Crippen LogP contribution in [0.25, 0.3) is 0 Å². The summed E-state index contributed by atoms with van der Waals surface area (Å²) in [5, 5.41) is 4.05. The van der Waals surface area contributed by atoms with E-state index in [0.717, 1.165) is 24.9 Å². The Morgan fingerprint density at radius 2 is 2.35 bits per heavy atom. The Bertz CT molecular complexity index is 595. The molecule has 0 aliphatic carbocycles. The molecule has 1 atom stereocenters. The lowest BCUT2D eigenvalue weighted by Gasteiger charge is -2.24. The second-order valence-corrected chi connectivity index (χ2v) is 4.97. The summed E-state index contributed by atoms with van der Waals surface area (Å²) in [6.45, 7) is 1.02. The van der Waals surface area contributed by atoms with Crippen LogP contribution in [0.4, 0.5) is 5.82 Å². The van der Waals surface area contributed by atoms with Crippen LogP contribution in [-0.2, 0) is 11.3 Å². The number of nitrogens with zero attached hydrogens (tertiary/aromatic N) is 4. The molecule has 20 heavy (non-hydrogen) atoms. The second kappa shape index (κ2) is 5.32. The smallest absolute Gasteiger partial charge is 0.244 e. The van der Waals surface area contributed by atoms with E-state index in [9.17, 15) is 4.79 Å². The van der Waals surface area contributed by atoms with Crippen molar-refractivity contribution in [3.8, 4) is 0 Å². The van der Waals surface area contributed by atoms with E-state index in [2.05, 4.69) is 10.1 Å². The van der Waals surface area contributed by atoms with Crippen LogP contribution in [0, 0.1) is 0 Å². The van der Waals surface area contributed by atoms with Crippen LogP contribution in [0.5, 0.6) is 0 Å². The topological polar surface area (TPSA) is 77.0 Å². The molecule has 2 aromatic heterocycles. The molecule has 0 saturated carbocycles. The average molecular weight is 271 g/mol. The molecular formula is C14H17N5O. The summed E-state index contributed by atoms with van der Waals surface area (Å²) < 4.78 is 1.58. The third-order valence-electron chi connectivity index (χ3n) is 3.60. The van der Waals surface area contributed by atoms with Crippen molar-refractivity contribution in [1.29, 1.82) is 0 Å². The fourth-order valence-electron chi connectivity index (χ4n) is 2.68. The molecule has 6 nitrogen and oxygen atoms in total. The lowest BCUT2D eigenvalue weighted by molar-refractivity contribution is -0.133. The minimum absolute atomic E-state index is 0.0689. The Hall–Kier alpha value is -2.37. The molecule has 6 heteroatoms. The molecule has 3 rings (SSSR count). The second-order valence-electron chi connectivity index (χ2n) is 4.97. The number of carbonyl (C=O) groups is 1. The first-order valence-corrected chi connectivity index (χ1v) is 6.72. The molecule has 1 saturated heterocycles. The van der Waals surface area contributed by atoms with E-state index in [1.54, 1.807) is 23.1 Å². The van der Waals surface area contributed by atoms with Gasteiger partial charge < -0.3 is 10.6 Å². The lowest BCUT2D eigenvalue weighted by atomic mass is 10.1. The first-order chi connectivity index (χ1) is 9.74. The highest BCUT2D eigenvalue weighted by molar-refractivity contribution is 5.76. The van der Waals surface area contributed by atoms with Gasteiger partial charge in [0.25, 0.3) is 0 Å². The number of anilines is 1. The molecule has 0 spiro atoms. The zero-order valence-corrected chi connectivity index (χ0v) is 11.1. The highest BCUT2D eigenvalue weighted by Gasteiger charge is 2.30. The van der Waals surface area contributed by atoms with Crippen molar-refractivity contribution >= 4 is 11.7 Å². The number of aromatic nitrogens is 3. The maximum Gasteiger partial charge on any atom is 0.244 e. The molecule has 104 valence electrons. The molecule has 2 aromatic rings. The summed E-state index contributed by atoms with van der Waals surface area (Å²) in [5.74, 6) is 0.502. The Balaban J connectivity index is 1.73. The first-order valence-electron chi connectivity index (χ1n) is 6.72. The third kappa shape index (κ3) is 2.49. The van der Waals surface area contributed by atoms with Gasteiger partial charge in [0, 0.05) is 25.1 Å². The predicted octanol–water partition coefficient (Wildman–Crippen LogP) is 1.22. The highest BCUT2D eigenvalue weighted by Crippen LogP contribution is 2.31. The molecule has 1 amide bonds. The van der Waals surface area contributed by atoms with E-state index in [0.29, 0.717) is 5.82 Å². The standard InChI is InChI=1S/C14H17N5O/c15-13-5-8-18(17-13)10-14(20)19-7-2-4-12(19)11-3-1-6-16-9-11/h1,3,5-6,8-9,12H,2,4,7,10H2,(H2,15,17). The maximum atomic E-state index is 12.4. The SMILES string of the molecule is Nc1ccn(CC(=O)N2CCCC2c2cccnc2)n1. The van der Waals surface area contributed by atoms with Gasteiger partial charge in [-0.1, -0.05) is 6.07 Å². The number of hydrogen-bond donors (Lipinski definition) is 1. The highest BCUT2D eigenvalue weighted by atomic mass is 16.2. The number of likely N-dealkylation sites (tertiary alicyclic amines) is 1. The molecule has 1 aliphatic rings. The zero-order chi connectivity index (χ0) is 13.9. The molecule has 1 fully saturated rings. The van der Waals surface area contributed by atoms with Crippen LogP contribution in [0.2, 0.25) is 0 Å². The maximum absolute atomic E-state index is 12.4. The van der Waals surface area contributed by atoms with Crippen LogP contribution in [0.3, 0.4) is 0 Å². The van der Waals surface area contributed by atoms with E-state index in [4.69, 9.17) is 5.73 Å². The molecule has 2 N–H and O–H groups in total. The normalized spacial score (nSPS) is 18.4. The Morgan fingerprint density at radius 3 is 3.05 bits per heavy atom. The van der Waals surface area contributed by atoms with Crippen molar-refractivity contribution in [2.45, 2.75) is 25.4 Å². The van der Waals surface area contributed by atoms with Crippen LogP contribution < -0.4 is 5.73 Å². The van der Waals surface area contributed by atoms with E-state index < -0.39 is 0 Å². The van der Waals surface area contributed by atoms with Crippen molar-refractivity contribution in [2.24, 2.45) is 0 Å². The Labute approximate surface area is 117 Å². The quantitative estimate of drug-likeness (QED) is 0.910. The van der Waals surface area contributed by atoms with Gasteiger partial charge in [0.15, 0.2) is 0 Å². The molecule has 0 aromatic carbocycles. The number of pyridine rings is 1. The van der Waals surface area contributed by atoms with Crippen LogP contribution in [0.1, 0.15) is 24.4 Å². The molecule has 1 aliphatic heterocycles. The van der Waals surface area contributed by atoms with Gasteiger partial charge in [0.1, 0.15) is 12.4 Å². The summed E-state index contributed by atoms with van der Waals surface area (Å²) >= 11 is 0. The predicted molar refractivity (Wildman–Crippen MR) is 74.6 cm³/mol. The van der Waals surface area contributed by atoms with E-state index >= 15 is 0 Å². The minimum atomic E-state index is 0.0689. The van der Waals surface area contributed by atoms with Gasteiger partial charge in [0.05, 0.1) is 6.04 Å². The number of rotatable bonds is 3. The summed E-state index contributed by atoms with van der Waals surface area (Å²) in [6, 6.07) is 5.75. The molecule has 1 unspecified atom stereocenters. The number of nitrogens with two attached hydrogens (primary N) is 1. The lowest BCUT2D eigenvalue weighted by Crippen LogP contribution is -2.33. The van der Waals surface area contributed by atoms with Crippen LogP contribution >= 0.6 is 0 Å². The molecule has 3 heterocycles. The minimum Gasteiger partial charge on any atom is -0.382 e.